The van der Waals surface area contributed by atoms with Crippen molar-refractivity contribution in [3.05, 3.63) is 0 Å². The van der Waals surface area contributed by atoms with Gasteiger partial charge >= 0.3 is 0 Å². The summed E-state index contributed by atoms with van der Waals surface area (Å²) in [7, 11) is 0. The van der Waals surface area contributed by atoms with Crippen molar-refractivity contribution in [2.24, 2.45) is 11.8 Å². The van der Waals surface area contributed by atoms with Crippen molar-refractivity contribution < 1.29 is 9.59 Å². The number of hydrogen-bond acceptors (Lipinski definition) is 2. The van der Waals surface area contributed by atoms with Crippen LogP contribution in [-0.4, -0.2) is 34.8 Å². The van der Waals surface area contributed by atoms with Gasteiger partial charge in [0.15, 0.2) is 0 Å². The Hall–Kier alpha value is -1.50. The molecular formula is C16H24N2O2. The fourth-order valence-corrected chi connectivity index (χ4v) is 3.02. The van der Waals surface area contributed by atoms with Crippen LogP contribution in [0.4, 0.5) is 0 Å². The van der Waals surface area contributed by atoms with E-state index in [-0.39, 0.29) is 29.8 Å². The molecule has 1 aliphatic heterocycles. The summed E-state index contributed by atoms with van der Waals surface area (Å²) in [4.78, 5) is 26.8. The van der Waals surface area contributed by atoms with Crippen LogP contribution in [0.1, 0.15) is 46.5 Å². The Morgan fingerprint density at radius 3 is 2.50 bits per heavy atom. The largest absolute Gasteiger partial charge is 0.342 e. The van der Waals surface area contributed by atoms with Crippen LogP contribution in [0.3, 0.4) is 0 Å². The molecule has 1 saturated carbocycles. The van der Waals surface area contributed by atoms with Gasteiger partial charge in [-0.05, 0) is 31.1 Å². The summed E-state index contributed by atoms with van der Waals surface area (Å²) in [6, 6.07) is -1.07. The van der Waals surface area contributed by atoms with E-state index in [1.807, 2.05) is 20.8 Å². The summed E-state index contributed by atoms with van der Waals surface area (Å²) in [5.74, 6) is 3.05. The first-order valence-corrected chi connectivity index (χ1v) is 7.59. The van der Waals surface area contributed by atoms with E-state index >= 15 is 0 Å². The van der Waals surface area contributed by atoms with Crippen LogP contribution in [0.15, 0.2) is 0 Å². The number of amides is 2. The van der Waals surface area contributed by atoms with Crippen LogP contribution < -0.4 is 5.32 Å². The standard InChI is InChI=1S/C16H24N2O2/c1-5-7-12(6-2)18-14(10(3)4)15(19)17-13(16(18)20)11-8-9-11/h2,10-14H,5,7-9H2,1,3-4H3,(H,17,19). The molecule has 1 saturated heterocycles. The number of hydrogen-bond donors (Lipinski definition) is 1. The monoisotopic (exact) mass is 276 g/mol. The first-order chi connectivity index (χ1) is 9.51. The van der Waals surface area contributed by atoms with E-state index in [4.69, 9.17) is 6.42 Å². The van der Waals surface area contributed by atoms with Gasteiger partial charge < -0.3 is 10.2 Å². The third kappa shape index (κ3) is 2.67. The van der Waals surface area contributed by atoms with Gasteiger partial charge in [0, 0.05) is 0 Å². The maximum Gasteiger partial charge on any atom is 0.247 e. The van der Waals surface area contributed by atoms with E-state index in [1.165, 1.54) is 0 Å². The highest BCUT2D eigenvalue weighted by Gasteiger charge is 2.49. The maximum atomic E-state index is 12.8. The average Bonchev–Trinajstić information content (AvgIpc) is 3.22. The summed E-state index contributed by atoms with van der Waals surface area (Å²) in [6.07, 6.45) is 9.31. The third-order valence-corrected chi connectivity index (χ3v) is 4.20. The van der Waals surface area contributed by atoms with Gasteiger partial charge in [0.1, 0.15) is 12.1 Å². The Morgan fingerprint density at radius 1 is 1.40 bits per heavy atom. The summed E-state index contributed by atoms with van der Waals surface area (Å²) in [6.45, 7) is 5.96. The lowest BCUT2D eigenvalue weighted by atomic mass is 9.92. The minimum absolute atomic E-state index is 0.0159. The number of nitrogens with zero attached hydrogens (tertiary/aromatic N) is 1. The Kier molecular flexibility index (Phi) is 4.37. The minimum atomic E-state index is -0.440. The van der Waals surface area contributed by atoms with Crippen LogP contribution >= 0.6 is 0 Å². The molecule has 20 heavy (non-hydrogen) atoms. The molecule has 0 aromatic heterocycles. The molecule has 1 N–H and O–H groups in total. The molecule has 1 aliphatic carbocycles. The summed E-state index contributed by atoms with van der Waals surface area (Å²) in [5.41, 5.74) is 0. The average molecular weight is 276 g/mol. The van der Waals surface area contributed by atoms with Crippen LogP contribution in [0.25, 0.3) is 0 Å². The molecule has 0 aromatic carbocycles. The quantitative estimate of drug-likeness (QED) is 0.775. The second-order valence-corrected chi connectivity index (χ2v) is 6.23. The number of terminal acetylenes is 1. The van der Waals surface area contributed by atoms with Crippen LogP contribution in [0.2, 0.25) is 0 Å². The van der Waals surface area contributed by atoms with Gasteiger partial charge in [-0.2, -0.15) is 0 Å². The SMILES string of the molecule is C#CC(CCC)N1C(=O)C(C2CC2)NC(=O)C1C(C)C. The first-order valence-electron chi connectivity index (χ1n) is 7.59. The first kappa shape index (κ1) is 14.9. The van der Waals surface area contributed by atoms with Gasteiger partial charge in [0.05, 0.1) is 6.04 Å². The zero-order chi connectivity index (χ0) is 14.9. The lowest BCUT2D eigenvalue weighted by Crippen LogP contribution is -2.67. The zero-order valence-corrected chi connectivity index (χ0v) is 12.6. The molecule has 3 atom stereocenters. The van der Waals surface area contributed by atoms with Crippen molar-refractivity contribution in [3.8, 4) is 12.3 Å². The number of carbonyl (C=O) groups excluding carboxylic acids is 2. The minimum Gasteiger partial charge on any atom is -0.342 e. The molecule has 110 valence electrons. The second kappa shape index (κ2) is 5.87. The smallest absolute Gasteiger partial charge is 0.247 e. The molecular weight excluding hydrogens is 252 g/mol. The summed E-state index contributed by atoms with van der Waals surface area (Å²) < 4.78 is 0. The van der Waals surface area contributed by atoms with E-state index in [2.05, 4.69) is 11.2 Å². The maximum absolute atomic E-state index is 12.8. The van der Waals surface area contributed by atoms with E-state index in [9.17, 15) is 9.59 Å². The number of nitrogens with one attached hydrogen (secondary N) is 1. The van der Waals surface area contributed by atoms with Gasteiger partial charge in [0.25, 0.3) is 0 Å². The molecule has 1 heterocycles. The van der Waals surface area contributed by atoms with Crippen molar-refractivity contribution in [1.29, 1.82) is 0 Å². The third-order valence-electron chi connectivity index (χ3n) is 4.20. The fraction of sp³-hybridized carbons (Fsp3) is 0.750. The highest BCUT2D eigenvalue weighted by Crippen LogP contribution is 2.36. The molecule has 2 rings (SSSR count). The molecule has 0 bridgehead atoms. The molecule has 0 aromatic rings. The van der Waals surface area contributed by atoms with Crippen molar-refractivity contribution in [2.75, 3.05) is 0 Å². The van der Waals surface area contributed by atoms with Crippen molar-refractivity contribution >= 4 is 11.8 Å². The zero-order valence-electron chi connectivity index (χ0n) is 12.6. The van der Waals surface area contributed by atoms with Crippen LogP contribution in [0, 0.1) is 24.2 Å². The Balaban J connectivity index is 2.30. The predicted molar refractivity (Wildman–Crippen MR) is 77.7 cm³/mol. The Morgan fingerprint density at radius 2 is 2.05 bits per heavy atom. The highest BCUT2D eigenvalue weighted by molar-refractivity contribution is 5.97. The van der Waals surface area contributed by atoms with Gasteiger partial charge in [-0.25, -0.2) is 0 Å². The van der Waals surface area contributed by atoms with E-state index in [1.54, 1.807) is 4.90 Å². The molecule has 0 radical (unpaired) electrons. The van der Waals surface area contributed by atoms with E-state index in [0.29, 0.717) is 5.92 Å². The molecule has 0 spiro atoms. The van der Waals surface area contributed by atoms with E-state index < -0.39 is 6.04 Å². The Labute approximate surface area is 121 Å². The second-order valence-electron chi connectivity index (χ2n) is 6.23. The molecule has 4 nitrogen and oxygen atoms in total. The Bertz CT molecular complexity index is 434. The van der Waals surface area contributed by atoms with Gasteiger partial charge in [-0.3, -0.25) is 9.59 Å². The van der Waals surface area contributed by atoms with Crippen molar-refractivity contribution in [1.82, 2.24) is 10.2 Å². The topological polar surface area (TPSA) is 49.4 Å². The predicted octanol–water partition coefficient (Wildman–Crippen LogP) is 1.55. The molecule has 4 heteroatoms. The summed E-state index contributed by atoms with van der Waals surface area (Å²) in [5, 5.41) is 2.91. The van der Waals surface area contributed by atoms with Crippen molar-refractivity contribution in [3.63, 3.8) is 0 Å². The van der Waals surface area contributed by atoms with Crippen LogP contribution in [-0.2, 0) is 9.59 Å². The number of carbonyl (C=O) groups is 2. The summed E-state index contributed by atoms with van der Waals surface area (Å²) >= 11 is 0. The fourth-order valence-electron chi connectivity index (χ4n) is 3.02. The van der Waals surface area contributed by atoms with Crippen LogP contribution in [0.5, 0.6) is 0 Å². The molecule has 3 unspecified atom stereocenters. The van der Waals surface area contributed by atoms with Crippen molar-refractivity contribution in [2.45, 2.75) is 64.6 Å². The highest BCUT2D eigenvalue weighted by atomic mass is 16.2. The normalized spacial score (nSPS) is 28.2. The van der Waals surface area contributed by atoms with Gasteiger partial charge in [0.2, 0.25) is 11.8 Å². The lowest BCUT2D eigenvalue weighted by Gasteiger charge is -2.43. The molecule has 2 fully saturated rings. The molecule has 2 amide bonds. The molecule has 2 aliphatic rings. The van der Waals surface area contributed by atoms with Gasteiger partial charge in [-0.15, -0.1) is 6.42 Å². The van der Waals surface area contributed by atoms with Gasteiger partial charge in [-0.1, -0.05) is 33.1 Å². The number of rotatable bonds is 5. The van der Waals surface area contributed by atoms with E-state index in [0.717, 1.165) is 25.7 Å². The number of piperazine rings is 1. The lowest BCUT2D eigenvalue weighted by molar-refractivity contribution is -0.153.